The monoisotopic (exact) mass is 708 g/mol. The molecule has 5 nitrogen and oxygen atoms in total. The van der Waals surface area contributed by atoms with Gasteiger partial charge in [0.2, 0.25) is 0 Å². The van der Waals surface area contributed by atoms with Crippen LogP contribution in [-0.4, -0.2) is 11.6 Å². The van der Waals surface area contributed by atoms with Gasteiger partial charge in [0.05, 0.1) is 11.4 Å². The number of benzene rings is 4. The SMILES string of the molecule is O=C1C=CC=C/C1=C/Nc1ccccc1N/C=C1/C=CC=CC1=O.[C-]#[O+].[Ru].c1ccc(P(c2ccccc2)c2ccccc2)cc1. The second-order valence-corrected chi connectivity index (χ2v) is 11.8. The second kappa shape index (κ2) is 19.4. The van der Waals surface area contributed by atoms with Gasteiger partial charge >= 0.3 is 11.3 Å². The Kier molecular flexibility index (Phi) is 15.0. The molecule has 0 spiro atoms. The van der Waals surface area contributed by atoms with Crippen LogP contribution in [0.3, 0.4) is 0 Å². The first-order valence-corrected chi connectivity index (χ1v) is 15.5. The van der Waals surface area contributed by atoms with Gasteiger partial charge in [-0.3, -0.25) is 9.59 Å². The van der Waals surface area contributed by atoms with Crippen LogP contribution in [0.15, 0.2) is 187 Å². The molecule has 7 heteroatoms. The van der Waals surface area contributed by atoms with Gasteiger partial charge in [0.25, 0.3) is 0 Å². The van der Waals surface area contributed by atoms with E-state index >= 15 is 0 Å². The summed E-state index contributed by atoms with van der Waals surface area (Å²) in [5.41, 5.74) is 2.78. The van der Waals surface area contributed by atoms with Gasteiger partial charge < -0.3 is 10.6 Å². The molecule has 4 aromatic carbocycles. The molecule has 2 aliphatic rings. The fourth-order valence-electron chi connectivity index (χ4n) is 4.42. The zero-order valence-electron chi connectivity index (χ0n) is 24.8. The molecule has 46 heavy (non-hydrogen) atoms. The molecule has 0 saturated carbocycles. The van der Waals surface area contributed by atoms with E-state index in [4.69, 9.17) is 4.65 Å². The molecule has 6 rings (SSSR count). The Bertz CT molecular complexity index is 1630. The van der Waals surface area contributed by atoms with Gasteiger partial charge in [-0.2, -0.15) is 0 Å². The third kappa shape index (κ3) is 10.3. The largest absolute Gasteiger partial charge is 0.0622 e. The second-order valence-electron chi connectivity index (χ2n) is 9.54. The molecule has 0 heterocycles. The number of hydrogen-bond donors (Lipinski definition) is 2. The summed E-state index contributed by atoms with van der Waals surface area (Å²) in [5.74, 6) is -0.0791. The van der Waals surface area contributed by atoms with Gasteiger partial charge in [0.15, 0.2) is 11.6 Å². The summed E-state index contributed by atoms with van der Waals surface area (Å²) >= 11 is 0. The van der Waals surface area contributed by atoms with Crippen LogP contribution in [0.1, 0.15) is 0 Å². The van der Waals surface area contributed by atoms with Gasteiger partial charge in [-0.1, -0.05) is 127 Å². The number of para-hydroxylation sites is 2. The molecule has 0 aliphatic heterocycles. The first-order chi connectivity index (χ1) is 22.2. The van der Waals surface area contributed by atoms with E-state index in [-0.39, 0.29) is 31.0 Å². The molecule has 2 aliphatic carbocycles. The molecule has 0 unspecified atom stereocenters. The van der Waals surface area contributed by atoms with Crippen LogP contribution < -0.4 is 26.5 Å². The maximum Gasteiger partial charge on any atom is 0 e. The maximum atomic E-state index is 11.7. The van der Waals surface area contributed by atoms with Crippen molar-refractivity contribution in [2.45, 2.75) is 0 Å². The summed E-state index contributed by atoms with van der Waals surface area (Å²) in [6.07, 6.45) is 17.0. The third-order valence-corrected chi connectivity index (χ3v) is 9.02. The third-order valence-electron chi connectivity index (χ3n) is 6.57. The first-order valence-electron chi connectivity index (χ1n) is 14.2. The molecule has 0 saturated heterocycles. The fraction of sp³-hybridized carbons (Fsp3) is 0. The van der Waals surface area contributed by atoms with Gasteiger partial charge in [-0.05, 0) is 60.3 Å². The van der Waals surface area contributed by atoms with E-state index in [0.29, 0.717) is 11.1 Å². The Balaban J connectivity index is 0.000000238. The minimum atomic E-state index is -0.446. The Morgan fingerprint density at radius 3 is 1.11 bits per heavy atom. The Labute approximate surface area is 284 Å². The number of anilines is 2. The zero-order chi connectivity index (χ0) is 31.7. The first kappa shape index (κ1) is 35.5. The average molecular weight is 708 g/mol. The molecule has 4 aromatic rings. The summed E-state index contributed by atoms with van der Waals surface area (Å²) < 4.78 is 7.50. The number of carbonyl (C=O) groups excluding carboxylic acids is 2. The molecule has 2 N–H and O–H groups in total. The minimum absolute atomic E-state index is 0. The zero-order valence-corrected chi connectivity index (χ0v) is 27.4. The average Bonchev–Trinajstić information content (AvgIpc) is 3.11. The predicted octanol–water partition coefficient (Wildman–Crippen LogP) is 7.07. The number of rotatable bonds is 7. The van der Waals surface area contributed by atoms with E-state index in [0.717, 1.165) is 11.4 Å². The van der Waals surface area contributed by atoms with Crippen molar-refractivity contribution in [3.05, 3.63) is 194 Å². The quantitative estimate of drug-likeness (QED) is 0.0709. The standard InChI is InChI=1S/C20H16N2O2.C18H15P.CO.Ru/c23-19-11-5-1-7-15(19)13-21-17-9-3-4-10-18(17)22-14-16-8-2-6-12-20(16)24;1-4-10-16(11-5-1)19(17-12-6-2-7-13-17)18-14-8-3-9-15-18;1-2;/h1-14,21-22H;1-15H;;/b15-13-,16-14-;;;. The van der Waals surface area contributed by atoms with Crippen molar-refractivity contribution in [1.82, 2.24) is 0 Å². The van der Waals surface area contributed by atoms with Crippen LogP contribution in [0, 0.1) is 6.65 Å². The van der Waals surface area contributed by atoms with Gasteiger partial charge in [0, 0.05) is 43.0 Å². The molecule has 228 valence electrons. The molecule has 0 atom stereocenters. The Morgan fingerprint density at radius 1 is 0.478 bits per heavy atom. The number of allylic oxidation sites excluding steroid dienone is 10. The number of carbonyl (C=O) groups is 2. The Morgan fingerprint density at radius 2 is 0.783 bits per heavy atom. The Hall–Kier alpha value is -4.95. The predicted molar refractivity (Wildman–Crippen MR) is 186 cm³/mol. The van der Waals surface area contributed by atoms with Crippen molar-refractivity contribution in [1.29, 1.82) is 0 Å². The van der Waals surface area contributed by atoms with Crippen molar-refractivity contribution in [2.24, 2.45) is 0 Å². The van der Waals surface area contributed by atoms with E-state index in [1.54, 1.807) is 36.7 Å². The van der Waals surface area contributed by atoms with E-state index in [2.05, 4.69) is 108 Å². The van der Waals surface area contributed by atoms with Gasteiger partial charge in [0.1, 0.15) is 0 Å². The van der Waals surface area contributed by atoms with Crippen LogP contribution in [0.5, 0.6) is 0 Å². The maximum absolute atomic E-state index is 11.7. The van der Waals surface area contributed by atoms with Gasteiger partial charge in [-0.15, -0.1) is 0 Å². The van der Waals surface area contributed by atoms with Crippen LogP contribution in [0.25, 0.3) is 0 Å². The van der Waals surface area contributed by atoms with E-state index < -0.39 is 7.92 Å². The van der Waals surface area contributed by atoms with Crippen LogP contribution in [0.2, 0.25) is 0 Å². The molecule has 0 fully saturated rings. The van der Waals surface area contributed by atoms with Crippen molar-refractivity contribution < 1.29 is 33.7 Å². The summed E-state index contributed by atoms with van der Waals surface area (Å²) in [7, 11) is -0.446. The summed E-state index contributed by atoms with van der Waals surface area (Å²) in [5, 5.41) is 10.5. The molecule has 0 bridgehead atoms. The van der Waals surface area contributed by atoms with Gasteiger partial charge in [-0.25, -0.2) is 0 Å². The van der Waals surface area contributed by atoms with Crippen molar-refractivity contribution >= 4 is 46.8 Å². The summed E-state index contributed by atoms with van der Waals surface area (Å²) in [4.78, 5) is 23.5. The molecular formula is C39H31N2O3PRu. The van der Waals surface area contributed by atoms with E-state index in [1.165, 1.54) is 28.1 Å². The molecule has 0 radical (unpaired) electrons. The minimum Gasteiger partial charge on any atom is -0.0622 e. The van der Waals surface area contributed by atoms with E-state index in [1.807, 2.05) is 36.4 Å². The van der Waals surface area contributed by atoms with Crippen molar-refractivity contribution in [3.8, 4) is 0 Å². The van der Waals surface area contributed by atoms with Crippen LogP contribution >= 0.6 is 7.92 Å². The van der Waals surface area contributed by atoms with Crippen molar-refractivity contribution in [2.75, 3.05) is 10.6 Å². The summed E-state index contributed by atoms with van der Waals surface area (Å²) in [6, 6.07) is 39.9. The molecular weight excluding hydrogens is 676 g/mol. The normalized spacial score (nSPS) is 14.5. The fourth-order valence-corrected chi connectivity index (χ4v) is 6.73. The molecule has 0 aromatic heterocycles. The smallest absolute Gasteiger partial charge is 0 e. The topological polar surface area (TPSA) is 78.1 Å². The number of ketones is 2. The molecule has 0 amide bonds. The summed E-state index contributed by atoms with van der Waals surface area (Å²) in [6.45, 7) is 4.50. The van der Waals surface area contributed by atoms with Crippen LogP contribution in [0.4, 0.5) is 11.4 Å². The van der Waals surface area contributed by atoms with E-state index in [9.17, 15) is 9.59 Å². The number of nitrogens with one attached hydrogen (secondary N) is 2. The number of hydrogen-bond acceptors (Lipinski definition) is 4. The van der Waals surface area contributed by atoms with Crippen molar-refractivity contribution in [3.63, 3.8) is 0 Å². The van der Waals surface area contributed by atoms with Crippen LogP contribution in [-0.2, 0) is 33.7 Å².